The molecule has 0 aliphatic carbocycles. The number of carbonyl (C=O) groups excluding carboxylic acids is 1. The Labute approximate surface area is 97.5 Å². The summed E-state index contributed by atoms with van der Waals surface area (Å²) in [6.07, 6.45) is 1.54. The van der Waals surface area contributed by atoms with Gasteiger partial charge in [0.25, 0.3) is 0 Å². The summed E-state index contributed by atoms with van der Waals surface area (Å²) in [6, 6.07) is 8.21. The molecule has 0 radical (unpaired) electrons. The molecule has 0 saturated carbocycles. The molecular weight excluding hydrogens is 200 g/mol. The Morgan fingerprint density at radius 3 is 2.62 bits per heavy atom. The molecular formula is C13H20N2O. The normalized spacial score (nSPS) is 9.94. The van der Waals surface area contributed by atoms with Crippen molar-refractivity contribution in [1.82, 2.24) is 4.90 Å². The summed E-state index contributed by atoms with van der Waals surface area (Å²) in [5, 5.41) is 3.30. The quantitative estimate of drug-likeness (QED) is 0.824. The van der Waals surface area contributed by atoms with Gasteiger partial charge in [-0.05, 0) is 18.1 Å². The van der Waals surface area contributed by atoms with Gasteiger partial charge >= 0.3 is 0 Å². The van der Waals surface area contributed by atoms with Crippen molar-refractivity contribution in [3.63, 3.8) is 0 Å². The number of hydrogen-bond donors (Lipinski definition) is 1. The highest BCUT2D eigenvalue weighted by molar-refractivity contribution is 5.76. The van der Waals surface area contributed by atoms with Crippen molar-refractivity contribution >= 4 is 11.6 Å². The molecule has 0 fully saturated rings. The van der Waals surface area contributed by atoms with Gasteiger partial charge in [0.05, 0.1) is 0 Å². The average Bonchev–Trinajstić information content (AvgIpc) is 2.29. The first-order chi connectivity index (χ1) is 7.65. The molecule has 1 aromatic rings. The molecule has 0 atom stereocenters. The topological polar surface area (TPSA) is 32.3 Å². The van der Waals surface area contributed by atoms with Crippen molar-refractivity contribution in [2.75, 3.05) is 26.0 Å². The van der Waals surface area contributed by atoms with Crippen LogP contribution in [0.15, 0.2) is 24.3 Å². The lowest BCUT2D eigenvalue weighted by Crippen LogP contribution is -2.24. The molecule has 1 rings (SSSR count). The fourth-order valence-corrected chi connectivity index (χ4v) is 1.53. The van der Waals surface area contributed by atoms with E-state index in [9.17, 15) is 4.79 Å². The van der Waals surface area contributed by atoms with E-state index in [4.69, 9.17) is 0 Å². The number of aryl methyl sites for hydroxylation is 1. The van der Waals surface area contributed by atoms with Gasteiger partial charge in [-0.15, -0.1) is 0 Å². The maximum atomic E-state index is 11.4. The second-order valence-corrected chi connectivity index (χ2v) is 3.98. The first-order valence-corrected chi connectivity index (χ1v) is 5.67. The van der Waals surface area contributed by atoms with Crippen LogP contribution >= 0.6 is 0 Å². The summed E-state index contributed by atoms with van der Waals surface area (Å²) in [4.78, 5) is 13.0. The molecule has 3 heteroatoms. The van der Waals surface area contributed by atoms with Gasteiger partial charge in [0.1, 0.15) is 0 Å². The second-order valence-electron chi connectivity index (χ2n) is 3.98. The SMILES string of the molecule is CCc1ccccc1NCCC(=O)N(C)C. The predicted octanol–water partition coefficient (Wildman–Crippen LogP) is 2.14. The number of nitrogens with one attached hydrogen (secondary N) is 1. The van der Waals surface area contributed by atoms with Gasteiger partial charge in [0.2, 0.25) is 5.91 Å². The van der Waals surface area contributed by atoms with Gasteiger partial charge in [-0.1, -0.05) is 25.1 Å². The number of carbonyl (C=O) groups is 1. The second kappa shape index (κ2) is 6.16. The highest BCUT2D eigenvalue weighted by Crippen LogP contribution is 2.15. The third-order valence-corrected chi connectivity index (χ3v) is 2.55. The zero-order chi connectivity index (χ0) is 12.0. The lowest BCUT2D eigenvalue weighted by molar-refractivity contribution is -0.128. The summed E-state index contributed by atoms with van der Waals surface area (Å²) >= 11 is 0. The van der Waals surface area contributed by atoms with E-state index in [0.29, 0.717) is 13.0 Å². The summed E-state index contributed by atoms with van der Waals surface area (Å²) in [7, 11) is 3.56. The summed E-state index contributed by atoms with van der Waals surface area (Å²) in [5.41, 5.74) is 2.43. The van der Waals surface area contributed by atoms with Crippen LogP contribution in [0.3, 0.4) is 0 Å². The molecule has 0 bridgehead atoms. The Balaban J connectivity index is 2.45. The highest BCUT2D eigenvalue weighted by atomic mass is 16.2. The molecule has 1 N–H and O–H groups in total. The van der Waals surface area contributed by atoms with Gasteiger partial charge < -0.3 is 10.2 Å². The molecule has 1 aromatic carbocycles. The molecule has 0 spiro atoms. The van der Waals surface area contributed by atoms with Gasteiger partial charge in [-0.25, -0.2) is 0 Å². The maximum Gasteiger partial charge on any atom is 0.223 e. The van der Waals surface area contributed by atoms with Crippen molar-refractivity contribution in [2.24, 2.45) is 0 Å². The number of benzene rings is 1. The van der Waals surface area contributed by atoms with Crippen molar-refractivity contribution in [3.05, 3.63) is 29.8 Å². The Bertz CT molecular complexity index is 348. The zero-order valence-corrected chi connectivity index (χ0v) is 10.3. The van der Waals surface area contributed by atoms with E-state index in [2.05, 4.69) is 24.4 Å². The molecule has 0 unspecified atom stereocenters. The largest absolute Gasteiger partial charge is 0.384 e. The highest BCUT2D eigenvalue weighted by Gasteiger charge is 2.04. The minimum Gasteiger partial charge on any atom is -0.384 e. The van der Waals surface area contributed by atoms with E-state index in [1.165, 1.54) is 5.56 Å². The zero-order valence-electron chi connectivity index (χ0n) is 10.3. The lowest BCUT2D eigenvalue weighted by atomic mass is 10.1. The summed E-state index contributed by atoms with van der Waals surface area (Å²) < 4.78 is 0. The van der Waals surface area contributed by atoms with Crippen LogP contribution in [0.5, 0.6) is 0 Å². The number of para-hydroxylation sites is 1. The van der Waals surface area contributed by atoms with Gasteiger partial charge in [-0.3, -0.25) is 4.79 Å². The first kappa shape index (κ1) is 12.6. The van der Waals surface area contributed by atoms with E-state index in [1.807, 2.05) is 12.1 Å². The van der Waals surface area contributed by atoms with E-state index in [-0.39, 0.29) is 5.91 Å². The monoisotopic (exact) mass is 220 g/mol. The van der Waals surface area contributed by atoms with Crippen LogP contribution in [0.25, 0.3) is 0 Å². The smallest absolute Gasteiger partial charge is 0.223 e. The van der Waals surface area contributed by atoms with Gasteiger partial charge in [0.15, 0.2) is 0 Å². The molecule has 88 valence electrons. The summed E-state index contributed by atoms with van der Waals surface area (Å²) in [6.45, 7) is 2.82. The van der Waals surface area contributed by atoms with Crippen molar-refractivity contribution in [2.45, 2.75) is 19.8 Å². The fourth-order valence-electron chi connectivity index (χ4n) is 1.53. The predicted molar refractivity (Wildman–Crippen MR) is 67.6 cm³/mol. The number of nitrogens with zero attached hydrogens (tertiary/aromatic N) is 1. The van der Waals surface area contributed by atoms with E-state index < -0.39 is 0 Å². The third kappa shape index (κ3) is 3.57. The molecule has 3 nitrogen and oxygen atoms in total. The maximum absolute atomic E-state index is 11.4. The van der Waals surface area contributed by atoms with Crippen LogP contribution in [0, 0.1) is 0 Å². The Morgan fingerprint density at radius 1 is 1.31 bits per heavy atom. The van der Waals surface area contributed by atoms with Crippen molar-refractivity contribution in [1.29, 1.82) is 0 Å². The molecule has 0 heterocycles. The van der Waals surface area contributed by atoms with Crippen LogP contribution in [-0.2, 0) is 11.2 Å². The first-order valence-electron chi connectivity index (χ1n) is 5.67. The molecule has 0 aliphatic heterocycles. The lowest BCUT2D eigenvalue weighted by Gasteiger charge is -2.13. The molecule has 16 heavy (non-hydrogen) atoms. The number of anilines is 1. The van der Waals surface area contributed by atoms with E-state index >= 15 is 0 Å². The number of rotatable bonds is 5. The molecule has 0 aliphatic rings. The minimum atomic E-state index is 0.154. The Kier molecular flexibility index (Phi) is 4.83. The van der Waals surface area contributed by atoms with Crippen LogP contribution in [-0.4, -0.2) is 31.4 Å². The molecule has 1 amide bonds. The van der Waals surface area contributed by atoms with Crippen LogP contribution in [0.4, 0.5) is 5.69 Å². The van der Waals surface area contributed by atoms with Crippen molar-refractivity contribution < 1.29 is 4.79 Å². The molecule has 0 saturated heterocycles. The Morgan fingerprint density at radius 2 is 2.00 bits per heavy atom. The van der Waals surface area contributed by atoms with E-state index in [0.717, 1.165) is 12.1 Å². The Hall–Kier alpha value is -1.51. The molecule has 0 aromatic heterocycles. The van der Waals surface area contributed by atoms with Crippen LogP contribution in [0.1, 0.15) is 18.9 Å². The summed E-state index contributed by atoms with van der Waals surface area (Å²) in [5.74, 6) is 0.154. The van der Waals surface area contributed by atoms with Gasteiger partial charge in [0, 0.05) is 32.7 Å². The minimum absolute atomic E-state index is 0.154. The van der Waals surface area contributed by atoms with Crippen LogP contribution in [0.2, 0.25) is 0 Å². The number of amides is 1. The average molecular weight is 220 g/mol. The number of hydrogen-bond acceptors (Lipinski definition) is 2. The van der Waals surface area contributed by atoms with E-state index in [1.54, 1.807) is 19.0 Å². The van der Waals surface area contributed by atoms with Gasteiger partial charge in [-0.2, -0.15) is 0 Å². The van der Waals surface area contributed by atoms with Crippen molar-refractivity contribution in [3.8, 4) is 0 Å². The third-order valence-electron chi connectivity index (χ3n) is 2.55. The van der Waals surface area contributed by atoms with Crippen LogP contribution < -0.4 is 5.32 Å². The fraction of sp³-hybridized carbons (Fsp3) is 0.462. The standard InChI is InChI=1S/C13H20N2O/c1-4-11-7-5-6-8-12(11)14-10-9-13(16)15(2)3/h5-8,14H,4,9-10H2,1-3H3.